The van der Waals surface area contributed by atoms with E-state index in [2.05, 4.69) is 32.2 Å². The predicted molar refractivity (Wildman–Crippen MR) is 60.0 cm³/mol. The minimum atomic E-state index is 0.957. The maximum absolute atomic E-state index is 4.59. The Hall–Kier alpha value is -1.58. The van der Waals surface area contributed by atoms with Crippen LogP contribution in [0.15, 0.2) is 18.3 Å². The Labute approximate surface area is 88.3 Å². The highest BCUT2D eigenvalue weighted by Crippen LogP contribution is 2.19. The molecule has 2 aromatic heterocycles. The van der Waals surface area contributed by atoms with Crippen molar-refractivity contribution in [3.8, 4) is 0 Å². The van der Waals surface area contributed by atoms with Crippen LogP contribution in [-0.2, 0) is 0 Å². The maximum Gasteiger partial charge on any atom is 0.129 e. The van der Waals surface area contributed by atoms with Crippen molar-refractivity contribution in [2.24, 2.45) is 0 Å². The van der Waals surface area contributed by atoms with Gasteiger partial charge in [-0.1, -0.05) is 0 Å². The van der Waals surface area contributed by atoms with Crippen molar-refractivity contribution < 1.29 is 0 Å². The zero-order valence-electron chi connectivity index (χ0n) is 8.61. The zero-order chi connectivity index (χ0) is 10.1. The first kappa shape index (κ1) is 8.71. The Morgan fingerprint density at radius 1 is 1.13 bits per heavy atom. The van der Waals surface area contributed by atoms with Crippen LogP contribution in [0.25, 0.3) is 11.0 Å². The first-order valence-corrected chi connectivity index (χ1v) is 5.48. The van der Waals surface area contributed by atoms with Crippen molar-refractivity contribution in [1.82, 2.24) is 15.2 Å². The maximum atomic E-state index is 4.59. The molecular weight excluding hydrogens is 188 g/mol. The normalized spacial score (nSPS) is 17.2. The average Bonchev–Trinajstić information content (AvgIpc) is 2.77. The molecule has 0 spiro atoms. The van der Waals surface area contributed by atoms with Crippen LogP contribution in [0.1, 0.15) is 19.3 Å². The molecule has 4 nitrogen and oxygen atoms in total. The van der Waals surface area contributed by atoms with Gasteiger partial charge in [-0.05, 0) is 31.4 Å². The zero-order valence-corrected chi connectivity index (χ0v) is 8.61. The number of anilines is 1. The van der Waals surface area contributed by atoms with Crippen LogP contribution in [0.3, 0.4) is 0 Å². The minimum Gasteiger partial charge on any atom is -0.357 e. The van der Waals surface area contributed by atoms with Crippen LogP contribution >= 0.6 is 0 Å². The number of aromatic amines is 1. The monoisotopic (exact) mass is 202 g/mol. The van der Waals surface area contributed by atoms with E-state index in [0.29, 0.717) is 0 Å². The predicted octanol–water partition coefficient (Wildman–Crippen LogP) is 1.95. The quantitative estimate of drug-likeness (QED) is 0.768. The fourth-order valence-corrected chi connectivity index (χ4v) is 2.12. The number of rotatable bonds is 1. The molecule has 15 heavy (non-hydrogen) atoms. The van der Waals surface area contributed by atoms with Crippen LogP contribution in [0, 0.1) is 0 Å². The van der Waals surface area contributed by atoms with Gasteiger partial charge in [0.05, 0.1) is 11.7 Å². The van der Waals surface area contributed by atoms with E-state index in [-0.39, 0.29) is 0 Å². The molecule has 0 amide bonds. The number of hydrogen-bond donors (Lipinski definition) is 1. The second-order valence-corrected chi connectivity index (χ2v) is 4.02. The van der Waals surface area contributed by atoms with E-state index in [0.717, 1.165) is 29.9 Å². The van der Waals surface area contributed by atoms with Crippen molar-refractivity contribution in [1.29, 1.82) is 0 Å². The third-order valence-electron chi connectivity index (χ3n) is 2.96. The number of pyridine rings is 1. The molecule has 1 aliphatic heterocycles. The van der Waals surface area contributed by atoms with Crippen LogP contribution in [0.5, 0.6) is 0 Å². The van der Waals surface area contributed by atoms with Crippen LogP contribution in [0.4, 0.5) is 5.82 Å². The van der Waals surface area contributed by atoms with Gasteiger partial charge in [0.25, 0.3) is 0 Å². The van der Waals surface area contributed by atoms with Gasteiger partial charge in [-0.3, -0.25) is 5.10 Å². The van der Waals surface area contributed by atoms with Gasteiger partial charge in [0.1, 0.15) is 11.3 Å². The molecule has 1 aliphatic rings. The molecule has 3 heterocycles. The molecule has 0 unspecified atom stereocenters. The summed E-state index contributed by atoms with van der Waals surface area (Å²) in [5.41, 5.74) is 1.97. The van der Waals surface area contributed by atoms with Crippen molar-refractivity contribution in [3.05, 3.63) is 18.3 Å². The smallest absolute Gasteiger partial charge is 0.129 e. The largest absolute Gasteiger partial charge is 0.357 e. The van der Waals surface area contributed by atoms with E-state index < -0.39 is 0 Å². The van der Waals surface area contributed by atoms with Gasteiger partial charge in [-0.15, -0.1) is 0 Å². The molecule has 2 aromatic rings. The molecule has 0 radical (unpaired) electrons. The lowest BCUT2D eigenvalue weighted by molar-refractivity contribution is 0.574. The summed E-state index contributed by atoms with van der Waals surface area (Å²) in [5, 5.41) is 6.90. The third kappa shape index (κ3) is 1.56. The van der Waals surface area contributed by atoms with E-state index in [9.17, 15) is 0 Å². The molecule has 78 valence electrons. The van der Waals surface area contributed by atoms with Crippen molar-refractivity contribution >= 4 is 16.9 Å². The first-order chi connectivity index (χ1) is 7.43. The van der Waals surface area contributed by atoms with Gasteiger partial charge in [0.15, 0.2) is 0 Å². The highest BCUT2D eigenvalue weighted by Gasteiger charge is 2.12. The molecule has 1 fully saturated rings. The fourth-order valence-electron chi connectivity index (χ4n) is 2.12. The highest BCUT2D eigenvalue weighted by atomic mass is 15.2. The summed E-state index contributed by atoms with van der Waals surface area (Å²) in [5.74, 6) is 1.09. The molecule has 0 atom stereocenters. The van der Waals surface area contributed by atoms with Gasteiger partial charge in [-0.25, -0.2) is 4.98 Å². The minimum absolute atomic E-state index is 0.957. The second-order valence-electron chi connectivity index (χ2n) is 4.02. The number of piperidine rings is 1. The van der Waals surface area contributed by atoms with Gasteiger partial charge in [-0.2, -0.15) is 5.10 Å². The van der Waals surface area contributed by atoms with Crippen molar-refractivity contribution in [2.45, 2.75) is 19.3 Å². The van der Waals surface area contributed by atoms with Crippen molar-refractivity contribution in [2.75, 3.05) is 18.0 Å². The van der Waals surface area contributed by atoms with E-state index in [1.165, 1.54) is 19.3 Å². The molecule has 4 heteroatoms. The fraction of sp³-hybridized carbons (Fsp3) is 0.455. The topological polar surface area (TPSA) is 44.8 Å². The Kier molecular flexibility index (Phi) is 2.05. The lowest BCUT2D eigenvalue weighted by Gasteiger charge is -2.27. The van der Waals surface area contributed by atoms with E-state index in [1.54, 1.807) is 6.20 Å². The first-order valence-electron chi connectivity index (χ1n) is 5.48. The number of nitrogens with one attached hydrogen (secondary N) is 1. The summed E-state index contributed by atoms with van der Waals surface area (Å²) in [6, 6.07) is 4.13. The Bertz CT molecular complexity index is 456. The second kappa shape index (κ2) is 3.53. The molecular formula is C11H14N4. The molecule has 3 rings (SSSR count). The number of aromatic nitrogens is 3. The Morgan fingerprint density at radius 3 is 2.87 bits per heavy atom. The highest BCUT2D eigenvalue weighted by molar-refractivity contribution is 5.75. The Balaban J connectivity index is 1.95. The number of nitrogens with zero attached hydrogens (tertiary/aromatic N) is 3. The SMILES string of the molecule is c1cc2[nH]ncc2nc1N1CCCCC1. The number of fused-ring (bicyclic) bond motifs is 1. The molecule has 0 aromatic carbocycles. The van der Waals surface area contributed by atoms with E-state index >= 15 is 0 Å². The number of H-pyrrole nitrogens is 1. The van der Waals surface area contributed by atoms with Gasteiger partial charge < -0.3 is 4.90 Å². The van der Waals surface area contributed by atoms with E-state index in [1.807, 2.05) is 0 Å². The summed E-state index contributed by atoms with van der Waals surface area (Å²) < 4.78 is 0. The van der Waals surface area contributed by atoms with Gasteiger partial charge in [0.2, 0.25) is 0 Å². The molecule has 0 saturated carbocycles. The van der Waals surface area contributed by atoms with Crippen LogP contribution in [0.2, 0.25) is 0 Å². The average molecular weight is 202 g/mol. The molecule has 0 bridgehead atoms. The van der Waals surface area contributed by atoms with Crippen LogP contribution in [-0.4, -0.2) is 28.3 Å². The lowest BCUT2D eigenvalue weighted by Crippen LogP contribution is -2.29. The van der Waals surface area contributed by atoms with Gasteiger partial charge >= 0.3 is 0 Å². The summed E-state index contributed by atoms with van der Waals surface area (Å²) in [6.45, 7) is 2.27. The summed E-state index contributed by atoms with van der Waals surface area (Å²) >= 11 is 0. The standard InChI is InChI=1S/C11H14N4/c1-2-6-15(7-3-1)11-5-4-9-10(13-11)8-12-14-9/h4-5,8H,1-3,6-7H2,(H,12,14). The third-order valence-corrected chi connectivity index (χ3v) is 2.96. The van der Waals surface area contributed by atoms with E-state index in [4.69, 9.17) is 0 Å². The summed E-state index contributed by atoms with van der Waals surface area (Å²) in [4.78, 5) is 6.95. The summed E-state index contributed by atoms with van der Waals surface area (Å²) in [6.07, 6.45) is 5.70. The molecule has 1 N–H and O–H groups in total. The Morgan fingerprint density at radius 2 is 2.00 bits per heavy atom. The van der Waals surface area contributed by atoms with Crippen LogP contribution < -0.4 is 4.90 Å². The lowest BCUT2D eigenvalue weighted by atomic mass is 10.1. The summed E-state index contributed by atoms with van der Waals surface area (Å²) in [7, 11) is 0. The number of hydrogen-bond acceptors (Lipinski definition) is 3. The van der Waals surface area contributed by atoms with Crippen molar-refractivity contribution in [3.63, 3.8) is 0 Å². The molecule has 0 aliphatic carbocycles. The molecule has 1 saturated heterocycles. The van der Waals surface area contributed by atoms with Gasteiger partial charge in [0, 0.05) is 13.1 Å².